The summed E-state index contributed by atoms with van der Waals surface area (Å²) in [7, 11) is -4.40. The second-order valence-corrected chi connectivity index (χ2v) is 17.8. The van der Waals surface area contributed by atoms with Crippen LogP contribution in [0.3, 0.4) is 0 Å². The van der Waals surface area contributed by atoms with Crippen molar-refractivity contribution in [1.82, 2.24) is 0 Å². The molecule has 11 heteroatoms. The number of ether oxygens (including phenoxy) is 3. The number of hydrogen-bond donors (Lipinski definition) is 2. The lowest BCUT2D eigenvalue weighted by Crippen LogP contribution is -2.29. The number of allylic oxidation sites excluding steroid dienone is 6. The van der Waals surface area contributed by atoms with Crippen molar-refractivity contribution >= 4 is 19.8 Å². The van der Waals surface area contributed by atoms with Crippen molar-refractivity contribution in [3.63, 3.8) is 0 Å². The number of carbonyl (C=O) groups is 2. The summed E-state index contributed by atoms with van der Waals surface area (Å²) < 4.78 is 38.6. The molecule has 0 bridgehead atoms. The Hall–Kier alpha value is -2.07. The third-order valence-electron chi connectivity index (χ3n) is 10.6. The summed E-state index contributed by atoms with van der Waals surface area (Å²) in [5.41, 5.74) is 5.36. The number of phosphoric ester groups is 1. The summed E-state index contributed by atoms with van der Waals surface area (Å²) in [6.07, 6.45) is 50.3. The molecule has 1 saturated heterocycles. The van der Waals surface area contributed by atoms with E-state index in [9.17, 15) is 19.0 Å². The highest BCUT2D eigenvalue weighted by atomic mass is 31.2. The Bertz CT molecular complexity index is 1190. The van der Waals surface area contributed by atoms with Crippen LogP contribution in [0.2, 0.25) is 0 Å². The van der Waals surface area contributed by atoms with Gasteiger partial charge in [0.15, 0.2) is 6.10 Å². The van der Waals surface area contributed by atoms with Gasteiger partial charge in [-0.15, -0.1) is 0 Å². The first-order valence-electron chi connectivity index (χ1n) is 24.2. The molecule has 0 spiro atoms. The van der Waals surface area contributed by atoms with Crippen LogP contribution in [0, 0.1) is 0 Å². The summed E-state index contributed by atoms with van der Waals surface area (Å²) >= 11 is 0. The Balaban J connectivity index is 2.16. The van der Waals surface area contributed by atoms with Gasteiger partial charge in [0.1, 0.15) is 6.61 Å². The fourth-order valence-electron chi connectivity index (χ4n) is 6.84. The maximum absolute atomic E-state index is 12.6. The third kappa shape index (κ3) is 37.7. The van der Waals surface area contributed by atoms with E-state index in [1.165, 1.54) is 122 Å². The standard InChI is InChI=1S/C49H88NO9P/c1-3-5-7-9-11-13-14-15-16-17-18-19-20-21-22-23-24-26-28-30-35-39-48(51)55-43-45(44-57-60(53,54)56-42-41-50)58-49(52)40-36-32-31-34-38-47-46(59-47)37-33-29-27-25-12-10-8-6-4-2/h12,15-16,25,29,31,33-34,45-47H,3-11,13-14,17-24,26-28,30,32,35-44,50H2,1-2H3,(H,53,54)/b16-15-,25-12-,33-29-,34-31-/t45-,46?,47?/m1/s1. The van der Waals surface area contributed by atoms with Crippen molar-refractivity contribution in [3.05, 3.63) is 48.6 Å². The smallest absolute Gasteiger partial charge is 0.462 e. The Morgan fingerprint density at radius 1 is 0.583 bits per heavy atom. The molecule has 3 unspecified atom stereocenters. The van der Waals surface area contributed by atoms with Gasteiger partial charge >= 0.3 is 19.8 Å². The Morgan fingerprint density at radius 3 is 1.63 bits per heavy atom. The lowest BCUT2D eigenvalue weighted by atomic mass is 10.0. The fourth-order valence-corrected chi connectivity index (χ4v) is 7.61. The number of phosphoric acid groups is 1. The largest absolute Gasteiger partial charge is 0.472 e. The van der Waals surface area contributed by atoms with E-state index in [-0.39, 0.29) is 44.8 Å². The zero-order valence-corrected chi connectivity index (χ0v) is 39.0. The molecule has 0 aromatic rings. The highest BCUT2D eigenvalue weighted by Gasteiger charge is 2.36. The Labute approximate surface area is 366 Å². The lowest BCUT2D eigenvalue weighted by Gasteiger charge is -2.19. The van der Waals surface area contributed by atoms with Crippen molar-refractivity contribution < 1.29 is 42.3 Å². The van der Waals surface area contributed by atoms with E-state index in [0.29, 0.717) is 12.8 Å². The molecule has 3 N–H and O–H groups in total. The molecule has 4 atom stereocenters. The van der Waals surface area contributed by atoms with Crippen molar-refractivity contribution in [1.29, 1.82) is 0 Å². The van der Waals surface area contributed by atoms with Gasteiger partial charge in [0, 0.05) is 19.4 Å². The monoisotopic (exact) mass is 866 g/mol. The van der Waals surface area contributed by atoms with E-state index < -0.39 is 32.5 Å². The molecule has 1 aliphatic heterocycles. The van der Waals surface area contributed by atoms with E-state index in [1.807, 2.05) is 6.08 Å². The molecule has 1 aliphatic rings. The molecule has 1 rings (SSSR count). The van der Waals surface area contributed by atoms with Crippen molar-refractivity contribution in [2.45, 2.75) is 225 Å². The molecule has 0 saturated carbocycles. The van der Waals surface area contributed by atoms with Gasteiger partial charge in [-0.25, -0.2) is 4.57 Å². The second kappa shape index (κ2) is 41.0. The second-order valence-electron chi connectivity index (χ2n) is 16.4. The van der Waals surface area contributed by atoms with Crippen LogP contribution >= 0.6 is 7.82 Å². The van der Waals surface area contributed by atoms with Crippen molar-refractivity contribution in [3.8, 4) is 0 Å². The van der Waals surface area contributed by atoms with E-state index in [1.54, 1.807) is 0 Å². The average Bonchev–Trinajstić information content (AvgIpc) is 3.99. The van der Waals surface area contributed by atoms with E-state index in [2.05, 4.69) is 56.4 Å². The normalized spacial score (nSPS) is 17.0. The quantitative estimate of drug-likeness (QED) is 0.0199. The van der Waals surface area contributed by atoms with Gasteiger partial charge in [-0.3, -0.25) is 18.6 Å². The van der Waals surface area contributed by atoms with Gasteiger partial charge in [-0.05, 0) is 77.0 Å². The van der Waals surface area contributed by atoms with Gasteiger partial charge in [-0.1, -0.05) is 165 Å². The number of carbonyl (C=O) groups excluding carboxylic acids is 2. The molecule has 0 aliphatic carbocycles. The summed E-state index contributed by atoms with van der Waals surface area (Å²) in [4.78, 5) is 35.0. The molecule has 348 valence electrons. The fraction of sp³-hybridized carbons (Fsp3) is 0.796. The number of unbranched alkanes of at least 4 members (excludes halogenated alkanes) is 21. The zero-order chi connectivity index (χ0) is 43.6. The molecular weight excluding hydrogens is 778 g/mol. The van der Waals surface area contributed by atoms with Crippen LogP contribution in [0.5, 0.6) is 0 Å². The Kier molecular flexibility index (Phi) is 38.2. The molecule has 1 fully saturated rings. The first-order chi connectivity index (χ1) is 29.3. The topological polar surface area (TPSA) is 147 Å². The highest BCUT2D eigenvalue weighted by molar-refractivity contribution is 7.47. The van der Waals surface area contributed by atoms with Crippen LogP contribution in [0.4, 0.5) is 0 Å². The summed E-state index contributed by atoms with van der Waals surface area (Å²) in [5, 5.41) is 0. The number of nitrogens with two attached hydrogens (primary N) is 1. The molecule has 10 nitrogen and oxygen atoms in total. The van der Waals surface area contributed by atoms with Gasteiger partial charge in [-0.2, -0.15) is 0 Å². The van der Waals surface area contributed by atoms with Crippen molar-refractivity contribution in [2.75, 3.05) is 26.4 Å². The van der Waals surface area contributed by atoms with Crippen LogP contribution < -0.4 is 5.73 Å². The predicted octanol–water partition coefficient (Wildman–Crippen LogP) is 13.3. The van der Waals surface area contributed by atoms with E-state index in [0.717, 1.165) is 44.9 Å². The minimum absolute atomic E-state index is 0.0409. The predicted molar refractivity (Wildman–Crippen MR) is 247 cm³/mol. The molecule has 0 radical (unpaired) electrons. The molecule has 0 aromatic heterocycles. The minimum atomic E-state index is -4.40. The first-order valence-corrected chi connectivity index (χ1v) is 25.7. The van der Waals surface area contributed by atoms with Crippen LogP contribution in [0.1, 0.15) is 206 Å². The zero-order valence-electron chi connectivity index (χ0n) is 38.1. The Morgan fingerprint density at radius 2 is 1.03 bits per heavy atom. The summed E-state index contributed by atoms with van der Waals surface area (Å²) in [6.45, 7) is 3.63. The van der Waals surface area contributed by atoms with Crippen molar-refractivity contribution in [2.24, 2.45) is 5.73 Å². The minimum Gasteiger partial charge on any atom is -0.462 e. The highest BCUT2D eigenvalue weighted by Crippen LogP contribution is 2.43. The molecular formula is C49H88NO9P. The van der Waals surface area contributed by atoms with Crippen LogP contribution in [0.15, 0.2) is 48.6 Å². The van der Waals surface area contributed by atoms with Crippen LogP contribution in [-0.2, 0) is 37.4 Å². The maximum atomic E-state index is 12.6. The third-order valence-corrected chi connectivity index (χ3v) is 11.6. The van der Waals surface area contributed by atoms with Gasteiger partial charge < -0.3 is 24.8 Å². The SMILES string of the molecule is CCCCC/C=C\C/C=C\CC1OC1C/C=C\CCCC(=O)O[C@H](COC(=O)CCCCCCCCCCCCC/C=C\CCCCCCCC)COP(=O)(O)OCCN. The molecule has 60 heavy (non-hydrogen) atoms. The number of hydrogen-bond acceptors (Lipinski definition) is 9. The molecule has 0 amide bonds. The van der Waals surface area contributed by atoms with E-state index >= 15 is 0 Å². The van der Waals surface area contributed by atoms with Gasteiger partial charge in [0.2, 0.25) is 0 Å². The number of rotatable bonds is 44. The van der Waals surface area contributed by atoms with Gasteiger partial charge in [0.25, 0.3) is 0 Å². The number of esters is 2. The van der Waals surface area contributed by atoms with Crippen LogP contribution in [0.25, 0.3) is 0 Å². The average molecular weight is 866 g/mol. The lowest BCUT2D eigenvalue weighted by molar-refractivity contribution is -0.161. The van der Waals surface area contributed by atoms with Crippen LogP contribution in [-0.4, -0.2) is 61.5 Å². The molecule has 1 heterocycles. The van der Waals surface area contributed by atoms with E-state index in [4.69, 9.17) is 29.0 Å². The van der Waals surface area contributed by atoms with Gasteiger partial charge in [0.05, 0.1) is 25.4 Å². The summed E-state index contributed by atoms with van der Waals surface area (Å²) in [6, 6.07) is 0. The first kappa shape index (κ1) is 55.9. The molecule has 0 aromatic carbocycles. The number of epoxide rings is 1. The maximum Gasteiger partial charge on any atom is 0.472 e. The summed E-state index contributed by atoms with van der Waals surface area (Å²) in [5.74, 6) is -0.900.